The van der Waals surface area contributed by atoms with Gasteiger partial charge >= 0.3 is 0 Å². The second kappa shape index (κ2) is 4.74. The summed E-state index contributed by atoms with van der Waals surface area (Å²) in [4.78, 5) is 1.36. The van der Waals surface area contributed by atoms with Crippen LogP contribution in [0.25, 0.3) is 0 Å². The third kappa shape index (κ3) is 2.89. The number of allylic oxidation sites excluding steroid dienone is 4. The van der Waals surface area contributed by atoms with Crippen molar-refractivity contribution in [1.29, 1.82) is 0 Å². The van der Waals surface area contributed by atoms with Crippen molar-refractivity contribution in [2.75, 3.05) is 5.75 Å². The first kappa shape index (κ1) is 12.8. The predicted molar refractivity (Wildman–Crippen MR) is 79.1 cm³/mol. The van der Waals surface area contributed by atoms with E-state index in [9.17, 15) is 0 Å². The van der Waals surface area contributed by atoms with Crippen LogP contribution in [0.5, 0.6) is 0 Å². The first-order valence-electron chi connectivity index (χ1n) is 4.41. The van der Waals surface area contributed by atoms with Crippen LogP contribution in [0.2, 0.25) is 0 Å². The molecule has 0 atom stereocenters. The topological polar surface area (TPSA) is 0 Å². The SMILES string of the molecule is C=C1/C(=C(I)\C=C(/C)Br)SCC1(C)C. The van der Waals surface area contributed by atoms with Crippen molar-refractivity contribution in [1.82, 2.24) is 0 Å². The van der Waals surface area contributed by atoms with Gasteiger partial charge in [0.2, 0.25) is 0 Å². The Morgan fingerprint density at radius 1 is 1.64 bits per heavy atom. The number of hydrogen-bond donors (Lipinski definition) is 0. The smallest absolute Gasteiger partial charge is 0.0276 e. The molecular formula is C11H14BrIS. The van der Waals surface area contributed by atoms with Crippen LogP contribution >= 0.6 is 50.3 Å². The number of thioether (sulfide) groups is 1. The first-order chi connectivity index (χ1) is 6.34. The summed E-state index contributed by atoms with van der Waals surface area (Å²) in [5.74, 6) is 1.14. The highest BCUT2D eigenvalue weighted by molar-refractivity contribution is 14.1. The molecular weight excluding hydrogens is 371 g/mol. The highest BCUT2D eigenvalue weighted by Gasteiger charge is 2.32. The van der Waals surface area contributed by atoms with Crippen molar-refractivity contribution in [3.63, 3.8) is 0 Å². The van der Waals surface area contributed by atoms with E-state index in [1.807, 2.05) is 18.7 Å². The minimum Gasteiger partial charge on any atom is -0.124 e. The fourth-order valence-corrected chi connectivity index (χ4v) is 4.43. The third-order valence-electron chi connectivity index (χ3n) is 2.21. The van der Waals surface area contributed by atoms with Crippen LogP contribution in [0.1, 0.15) is 20.8 Å². The molecule has 3 heteroatoms. The summed E-state index contributed by atoms with van der Waals surface area (Å²) in [6.07, 6.45) is 2.15. The molecule has 0 amide bonds. The van der Waals surface area contributed by atoms with Gasteiger partial charge in [0.1, 0.15) is 0 Å². The molecule has 0 spiro atoms. The zero-order chi connectivity index (χ0) is 10.9. The molecule has 14 heavy (non-hydrogen) atoms. The Hall–Kier alpha value is 0.780. The molecule has 78 valence electrons. The second-order valence-electron chi connectivity index (χ2n) is 4.06. The first-order valence-corrected chi connectivity index (χ1v) is 7.26. The van der Waals surface area contributed by atoms with Crippen LogP contribution in [0, 0.1) is 5.41 Å². The number of rotatable bonds is 1. The van der Waals surface area contributed by atoms with Gasteiger partial charge in [-0.15, -0.1) is 11.8 Å². The molecule has 0 bridgehead atoms. The van der Waals surface area contributed by atoms with Gasteiger partial charge in [-0.3, -0.25) is 0 Å². The third-order valence-corrected chi connectivity index (χ3v) is 5.28. The lowest BCUT2D eigenvalue weighted by molar-refractivity contribution is 0.540. The van der Waals surface area contributed by atoms with Gasteiger partial charge in [-0.25, -0.2) is 0 Å². The van der Waals surface area contributed by atoms with Gasteiger partial charge in [-0.05, 0) is 51.1 Å². The summed E-state index contributed by atoms with van der Waals surface area (Å²) < 4.78 is 2.45. The Labute approximate surface area is 113 Å². The van der Waals surface area contributed by atoms with E-state index in [1.54, 1.807) is 0 Å². The molecule has 0 radical (unpaired) electrons. The molecule has 0 aromatic rings. The van der Waals surface area contributed by atoms with Crippen LogP contribution in [-0.4, -0.2) is 5.75 Å². The molecule has 0 aromatic heterocycles. The Kier molecular flexibility index (Phi) is 4.35. The predicted octanol–water partition coefficient (Wildman–Crippen LogP) is 5.26. The quantitative estimate of drug-likeness (QED) is 0.555. The van der Waals surface area contributed by atoms with E-state index in [-0.39, 0.29) is 5.41 Å². The van der Waals surface area contributed by atoms with Gasteiger partial charge in [0.15, 0.2) is 0 Å². The number of hydrogen-bond acceptors (Lipinski definition) is 1. The average molecular weight is 385 g/mol. The largest absolute Gasteiger partial charge is 0.124 e. The fourth-order valence-electron chi connectivity index (χ4n) is 1.19. The van der Waals surface area contributed by atoms with E-state index in [1.165, 1.54) is 14.1 Å². The lowest BCUT2D eigenvalue weighted by Crippen LogP contribution is -2.10. The molecule has 0 unspecified atom stereocenters. The lowest BCUT2D eigenvalue weighted by atomic mass is 9.87. The Morgan fingerprint density at radius 2 is 2.21 bits per heavy atom. The summed E-state index contributed by atoms with van der Waals surface area (Å²) in [5.41, 5.74) is 1.53. The van der Waals surface area contributed by atoms with Crippen LogP contribution < -0.4 is 0 Å². The van der Waals surface area contributed by atoms with Crippen LogP contribution in [0.3, 0.4) is 0 Å². The molecule has 0 nitrogen and oxygen atoms in total. The minimum absolute atomic E-state index is 0.254. The Morgan fingerprint density at radius 3 is 2.57 bits per heavy atom. The maximum atomic E-state index is 4.19. The van der Waals surface area contributed by atoms with E-state index in [2.05, 4.69) is 65.0 Å². The van der Waals surface area contributed by atoms with Gasteiger partial charge in [-0.1, -0.05) is 36.4 Å². The van der Waals surface area contributed by atoms with Crippen molar-refractivity contribution in [3.05, 3.63) is 31.2 Å². The normalized spacial score (nSPS) is 25.5. The van der Waals surface area contributed by atoms with E-state index in [4.69, 9.17) is 0 Å². The fraction of sp³-hybridized carbons (Fsp3) is 0.455. The summed E-state index contributed by atoms with van der Waals surface area (Å²) in [7, 11) is 0. The highest BCUT2D eigenvalue weighted by Crippen LogP contribution is 2.49. The standard InChI is InChI=1S/C11H14BrIS/c1-7(12)5-9(13)10-8(2)11(3,4)6-14-10/h5H,2,6H2,1,3-4H3/b7-5+,10-9-. The summed E-state index contributed by atoms with van der Waals surface area (Å²) >= 11 is 7.75. The van der Waals surface area contributed by atoms with Gasteiger partial charge in [0.05, 0.1) is 0 Å². The van der Waals surface area contributed by atoms with Crippen molar-refractivity contribution in [3.8, 4) is 0 Å². The molecule has 0 saturated carbocycles. The molecule has 1 heterocycles. The summed E-state index contributed by atoms with van der Waals surface area (Å²) in [6, 6.07) is 0. The van der Waals surface area contributed by atoms with Crippen molar-refractivity contribution in [2.24, 2.45) is 5.41 Å². The van der Waals surface area contributed by atoms with Crippen molar-refractivity contribution in [2.45, 2.75) is 20.8 Å². The lowest BCUT2D eigenvalue weighted by Gasteiger charge is -2.16. The van der Waals surface area contributed by atoms with Crippen molar-refractivity contribution < 1.29 is 0 Å². The molecule has 0 N–H and O–H groups in total. The molecule has 1 saturated heterocycles. The highest BCUT2D eigenvalue weighted by atomic mass is 127. The van der Waals surface area contributed by atoms with E-state index >= 15 is 0 Å². The second-order valence-corrected chi connectivity index (χ2v) is 7.46. The van der Waals surface area contributed by atoms with Gasteiger partial charge in [0.25, 0.3) is 0 Å². The van der Waals surface area contributed by atoms with Gasteiger partial charge in [0, 0.05) is 14.2 Å². The summed E-state index contributed by atoms with van der Waals surface area (Å²) in [5, 5.41) is 0. The van der Waals surface area contributed by atoms with Crippen LogP contribution in [-0.2, 0) is 0 Å². The Balaban J connectivity index is 3.02. The maximum Gasteiger partial charge on any atom is 0.0276 e. The van der Waals surface area contributed by atoms with Gasteiger partial charge < -0.3 is 0 Å². The molecule has 1 fully saturated rings. The van der Waals surface area contributed by atoms with E-state index < -0.39 is 0 Å². The minimum atomic E-state index is 0.254. The van der Waals surface area contributed by atoms with Crippen LogP contribution in [0.15, 0.2) is 31.2 Å². The molecule has 1 aliphatic rings. The van der Waals surface area contributed by atoms with Crippen LogP contribution in [0.4, 0.5) is 0 Å². The molecule has 0 aromatic carbocycles. The zero-order valence-corrected chi connectivity index (χ0v) is 13.2. The summed E-state index contributed by atoms with van der Waals surface area (Å²) in [6.45, 7) is 10.7. The Bertz CT molecular complexity index is 322. The molecule has 1 rings (SSSR count). The maximum absolute atomic E-state index is 4.19. The molecule has 0 aliphatic carbocycles. The van der Waals surface area contributed by atoms with Gasteiger partial charge in [-0.2, -0.15) is 0 Å². The van der Waals surface area contributed by atoms with Crippen molar-refractivity contribution >= 4 is 50.3 Å². The zero-order valence-electron chi connectivity index (χ0n) is 8.66. The van der Waals surface area contributed by atoms with E-state index in [0.717, 1.165) is 10.2 Å². The average Bonchev–Trinajstić information content (AvgIpc) is 2.26. The number of halogens is 2. The molecule has 1 aliphatic heterocycles. The monoisotopic (exact) mass is 384 g/mol. The van der Waals surface area contributed by atoms with E-state index in [0.29, 0.717) is 0 Å².